The number of thiazole rings is 1. The lowest BCUT2D eigenvalue weighted by atomic mass is 10.1. The molecule has 0 bridgehead atoms. The molecule has 1 aromatic heterocycles. The molecule has 112 valence electrons. The highest BCUT2D eigenvalue weighted by molar-refractivity contribution is 7.13. The minimum Gasteiger partial charge on any atom is -0.477 e. The Morgan fingerprint density at radius 2 is 1.86 bits per heavy atom. The second kappa shape index (κ2) is 5.82. The summed E-state index contributed by atoms with van der Waals surface area (Å²) in [6.45, 7) is 0. The number of hydrogen-bond acceptors (Lipinski definition) is 3. The summed E-state index contributed by atoms with van der Waals surface area (Å²) >= 11 is 12.3. The summed E-state index contributed by atoms with van der Waals surface area (Å²) in [4.78, 5) is 13.4. The van der Waals surface area contributed by atoms with Gasteiger partial charge in [-0.15, -0.1) is 11.3 Å². The van der Waals surface area contributed by atoms with Gasteiger partial charge in [0.25, 0.3) is 0 Å². The van der Waals surface area contributed by atoms with Crippen molar-refractivity contribution < 1.29 is 23.1 Å². The maximum absolute atomic E-state index is 12.7. The third-order valence-corrected chi connectivity index (χ3v) is 4.28. The van der Waals surface area contributed by atoms with Crippen molar-refractivity contribution in [2.24, 2.45) is 0 Å². The summed E-state index contributed by atoms with van der Waals surface area (Å²) in [6.07, 6.45) is -4.90. The van der Waals surface area contributed by atoms with Crippen LogP contribution in [0.1, 0.15) is 25.9 Å². The fourth-order valence-electron chi connectivity index (χ4n) is 1.63. The highest BCUT2D eigenvalue weighted by atomic mass is 35.5. The summed E-state index contributed by atoms with van der Waals surface area (Å²) < 4.78 is 38.2. The summed E-state index contributed by atoms with van der Waals surface area (Å²) in [6, 6.07) is 4.68. The van der Waals surface area contributed by atoms with E-state index in [0.717, 1.165) is 0 Å². The molecular weight excluding hydrogens is 350 g/mol. The Morgan fingerprint density at radius 3 is 2.29 bits per heavy atom. The van der Waals surface area contributed by atoms with E-state index in [4.69, 9.17) is 28.3 Å². The van der Waals surface area contributed by atoms with Gasteiger partial charge in [0.15, 0.2) is 5.69 Å². The third kappa shape index (κ3) is 3.48. The minimum atomic E-state index is -4.83. The number of hydrogen-bond donors (Lipinski definition) is 1. The molecule has 3 nitrogen and oxygen atoms in total. The maximum atomic E-state index is 12.7. The van der Waals surface area contributed by atoms with Crippen molar-refractivity contribution in [3.8, 4) is 0 Å². The molecule has 1 heterocycles. The number of nitrogens with zero attached hydrogens (tertiary/aromatic N) is 1. The van der Waals surface area contributed by atoms with Gasteiger partial charge in [-0.25, -0.2) is 9.78 Å². The van der Waals surface area contributed by atoms with E-state index < -0.39 is 22.7 Å². The monoisotopic (exact) mass is 355 g/mol. The second-order valence-corrected chi connectivity index (χ2v) is 5.86. The van der Waals surface area contributed by atoms with Crippen LogP contribution in [0.5, 0.6) is 0 Å². The first kappa shape index (κ1) is 16.1. The predicted octanol–water partition coefficient (Wildman–Crippen LogP) is 4.76. The van der Waals surface area contributed by atoms with Gasteiger partial charge >= 0.3 is 12.1 Å². The van der Waals surface area contributed by atoms with Crippen LogP contribution in [0.25, 0.3) is 0 Å². The number of halogens is 5. The first-order chi connectivity index (χ1) is 9.70. The molecule has 21 heavy (non-hydrogen) atoms. The molecule has 0 radical (unpaired) electrons. The molecule has 0 saturated heterocycles. The molecule has 0 fully saturated rings. The highest BCUT2D eigenvalue weighted by Gasteiger charge is 2.39. The zero-order valence-electron chi connectivity index (χ0n) is 10.0. The molecule has 1 aromatic carbocycles. The van der Waals surface area contributed by atoms with E-state index in [1.165, 1.54) is 0 Å². The number of aromatic nitrogens is 1. The number of carbonyl (C=O) groups is 1. The highest BCUT2D eigenvalue weighted by Crippen LogP contribution is 2.36. The van der Waals surface area contributed by atoms with Gasteiger partial charge in [0.05, 0.1) is 5.01 Å². The van der Waals surface area contributed by atoms with Crippen LogP contribution >= 0.6 is 34.5 Å². The Morgan fingerprint density at radius 1 is 1.29 bits per heavy atom. The molecule has 2 rings (SSSR count). The van der Waals surface area contributed by atoms with Crippen molar-refractivity contribution in [1.29, 1.82) is 0 Å². The molecule has 0 aliphatic rings. The largest absolute Gasteiger partial charge is 0.477 e. The van der Waals surface area contributed by atoms with Gasteiger partial charge in [-0.3, -0.25) is 0 Å². The normalized spacial score (nSPS) is 11.7. The zero-order valence-corrected chi connectivity index (χ0v) is 12.4. The maximum Gasteiger partial charge on any atom is 0.435 e. The lowest BCUT2D eigenvalue weighted by Crippen LogP contribution is -2.11. The van der Waals surface area contributed by atoms with Crippen molar-refractivity contribution in [2.45, 2.75) is 12.6 Å². The number of carboxylic acid groups (broad SMARTS) is 1. The number of aromatic carboxylic acids is 1. The number of rotatable bonds is 3. The Kier molecular flexibility index (Phi) is 4.46. The van der Waals surface area contributed by atoms with Crippen molar-refractivity contribution >= 4 is 40.5 Å². The van der Waals surface area contributed by atoms with Crippen molar-refractivity contribution in [3.05, 3.63) is 49.4 Å². The molecule has 0 amide bonds. The van der Waals surface area contributed by atoms with Gasteiger partial charge in [0.2, 0.25) is 0 Å². The fraction of sp³-hybridized carbons (Fsp3) is 0.167. The van der Waals surface area contributed by atoms with Crippen LogP contribution in [0, 0.1) is 0 Å². The Hall–Kier alpha value is -1.31. The summed E-state index contributed by atoms with van der Waals surface area (Å²) in [5, 5.41) is 9.38. The van der Waals surface area contributed by atoms with Crippen LogP contribution in [-0.4, -0.2) is 16.1 Å². The van der Waals surface area contributed by atoms with Gasteiger partial charge in [-0.2, -0.15) is 13.2 Å². The first-order valence-corrected chi connectivity index (χ1v) is 7.00. The molecule has 0 saturated carbocycles. The molecule has 0 spiro atoms. The SMILES string of the molecule is O=C(O)c1sc(Cc2c(Cl)cccc2Cl)nc1C(F)(F)F. The van der Waals surface area contributed by atoms with Crippen molar-refractivity contribution in [3.63, 3.8) is 0 Å². The predicted molar refractivity (Wildman–Crippen MR) is 73.3 cm³/mol. The Bertz CT molecular complexity index is 680. The van der Waals surface area contributed by atoms with E-state index in [-0.39, 0.29) is 21.5 Å². The van der Waals surface area contributed by atoms with Crippen molar-refractivity contribution in [2.75, 3.05) is 0 Å². The fourth-order valence-corrected chi connectivity index (χ4v) is 3.10. The van der Waals surface area contributed by atoms with Crippen LogP contribution < -0.4 is 0 Å². The summed E-state index contributed by atoms with van der Waals surface area (Å²) in [7, 11) is 0. The number of alkyl halides is 3. The third-order valence-electron chi connectivity index (χ3n) is 2.52. The van der Waals surface area contributed by atoms with E-state index in [2.05, 4.69) is 4.98 Å². The Labute approximate surface area is 131 Å². The molecule has 0 aliphatic carbocycles. The van der Waals surface area contributed by atoms with Crippen LogP contribution in [-0.2, 0) is 12.6 Å². The Balaban J connectivity index is 2.45. The van der Waals surface area contributed by atoms with E-state index in [1.807, 2.05) is 0 Å². The lowest BCUT2D eigenvalue weighted by molar-refractivity contribution is -0.141. The molecule has 0 aliphatic heterocycles. The first-order valence-electron chi connectivity index (χ1n) is 5.43. The van der Waals surface area contributed by atoms with Gasteiger partial charge in [-0.05, 0) is 17.7 Å². The van der Waals surface area contributed by atoms with Crippen LogP contribution in [0.4, 0.5) is 13.2 Å². The van der Waals surface area contributed by atoms with Gasteiger partial charge in [-0.1, -0.05) is 29.3 Å². The van der Waals surface area contributed by atoms with Gasteiger partial charge in [0, 0.05) is 16.5 Å². The average molecular weight is 356 g/mol. The summed E-state index contributed by atoms with van der Waals surface area (Å²) in [5.74, 6) is -1.67. The van der Waals surface area contributed by atoms with Gasteiger partial charge in [0.1, 0.15) is 4.88 Å². The van der Waals surface area contributed by atoms with Crippen LogP contribution in [0.2, 0.25) is 10.0 Å². The number of carboxylic acids is 1. The topological polar surface area (TPSA) is 50.2 Å². The zero-order chi connectivity index (χ0) is 15.8. The van der Waals surface area contributed by atoms with Gasteiger partial charge < -0.3 is 5.11 Å². The van der Waals surface area contributed by atoms with Crippen molar-refractivity contribution in [1.82, 2.24) is 4.98 Å². The smallest absolute Gasteiger partial charge is 0.435 e. The average Bonchev–Trinajstić information content (AvgIpc) is 2.78. The standard InChI is InChI=1S/C12H6Cl2F3NO2S/c13-6-2-1-3-7(14)5(6)4-8-18-10(12(15,16)17)9(21-8)11(19)20/h1-3H,4H2,(H,19,20). The lowest BCUT2D eigenvalue weighted by Gasteiger charge is -2.04. The van der Waals surface area contributed by atoms with Crippen LogP contribution in [0.3, 0.4) is 0 Å². The molecule has 0 atom stereocenters. The molecular formula is C12H6Cl2F3NO2S. The van der Waals surface area contributed by atoms with E-state index in [1.54, 1.807) is 18.2 Å². The molecule has 9 heteroatoms. The summed E-state index contributed by atoms with van der Waals surface area (Å²) in [5.41, 5.74) is -1.00. The molecule has 1 N–H and O–H groups in total. The minimum absolute atomic E-state index is 0.0188. The second-order valence-electron chi connectivity index (χ2n) is 3.97. The van der Waals surface area contributed by atoms with Crippen LogP contribution in [0.15, 0.2) is 18.2 Å². The molecule has 0 unspecified atom stereocenters. The van der Waals surface area contributed by atoms with E-state index >= 15 is 0 Å². The molecule has 2 aromatic rings. The number of benzene rings is 1. The quantitative estimate of drug-likeness (QED) is 0.863. The van der Waals surface area contributed by atoms with E-state index in [9.17, 15) is 18.0 Å². The van der Waals surface area contributed by atoms with E-state index in [0.29, 0.717) is 16.9 Å².